The maximum Gasteiger partial charge on any atom is 0.278 e. The summed E-state index contributed by atoms with van der Waals surface area (Å²) in [5, 5.41) is 5.97. The second-order valence-electron chi connectivity index (χ2n) is 10.7. The fourth-order valence-electron chi connectivity index (χ4n) is 5.14. The lowest BCUT2D eigenvalue weighted by atomic mass is 10.1. The van der Waals surface area contributed by atoms with Gasteiger partial charge in [0.2, 0.25) is 10.0 Å². The van der Waals surface area contributed by atoms with Crippen molar-refractivity contribution in [1.29, 1.82) is 0 Å². The van der Waals surface area contributed by atoms with Crippen LogP contribution in [0.25, 0.3) is 11.3 Å². The largest absolute Gasteiger partial charge is 0.489 e. The average molecular weight is 672 g/mol. The summed E-state index contributed by atoms with van der Waals surface area (Å²) in [6.45, 7) is 5.67. The molecule has 2 aromatic carbocycles. The van der Waals surface area contributed by atoms with Crippen LogP contribution in [0.3, 0.4) is 0 Å². The molecule has 256 valence electrons. The number of aromatic nitrogens is 2. The molecule has 4 heterocycles. The lowest BCUT2D eigenvalue weighted by Gasteiger charge is -2.29. The number of nitrogen functional groups attached to an aromatic ring is 1. The van der Waals surface area contributed by atoms with Crippen molar-refractivity contribution in [1.82, 2.24) is 24.5 Å². The van der Waals surface area contributed by atoms with Crippen molar-refractivity contribution in [3.63, 3.8) is 0 Å². The van der Waals surface area contributed by atoms with E-state index in [9.17, 15) is 13.2 Å². The number of benzene rings is 2. The smallest absolute Gasteiger partial charge is 0.278 e. The second kappa shape index (κ2) is 17.5. The molecule has 3 aliphatic rings. The Hall–Kier alpha value is -3.70. The molecule has 0 radical (unpaired) electrons. The Bertz CT molecular complexity index is 1570. The van der Waals surface area contributed by atoms with Gasteiger partial charge in [0.05, 0.1) is 62.1 Å². The zero-order chi connectivity index (χ0) is 32.4. The molecule has 6 rings (SSSR count). The highest BCUT2D eigenvalue weighted by molar-refractivity contribution is 7.89. The molecule has 0 unspecified atom stereocenters. The van der Waals surface area contributed by atoms with Gasteiger partial charge in [-0.3, -0.25) is 9.69 Å². The van der Waals surface area contributed by atoms with E-state index in [4.69, 9.17) is 24.7 Å². The third-order valence-electron chi connectivity index (χ3n) is 7.62. The first-order chi connectivity index (χ1) is 22.4. The highest BCUT2D eigenvalue weighted by atomic mass is 32.2. The van der Waals surface area contributed by atoms with E-state index in [1.165, 1.54) is 22.6 Å². The van der Waals surface area contributed by atoms with Gasteiger partial charge in [-0.2, -0.15) is 4.31 Å². The van der Waals surface area contributed by atoms with Gasteiger partial charge in [-0.05, 0) is 25.2 Å². The Labute approximate surface area is 276 Å². The molecule has 4 bridgehead atoms. The summed E-state index contributed by atoms with van der Waals surface area (Å²) in [5.41, 5.74) is 8.24. The number of ether oxygens (including phenoxy) is 4. The molecule has 0 atom stereocenters. The summed E-state index contributed by atoms with van der Waals surface area (Å²) in [7, 11) is -2.02. The number of para-hydroxylation sites is 1. The van der Waals surface area contributed by atoms with Gasteiger partial charge in [0.15, 0.2) is 11.5 Å². The van der Waals surface area contributed by atoms with Crippen molar-refractivity contribution in [3.8, 4) is 17.0 Å². The number of morpholine rings is 1. The van der Waals surface area contributed by atoms with Crippen LogP contribution in [0, 0.1) is 0 Å². The average Bonchev–Trinajstić information content (AvgIpc) is 3.06. The molecule has 0 spiro atoms. The summed E-state index contributed by atoms with van der Waals surface area (Å²) < 4.78 is 52.0. The van der Waals surface area contributed by atoms with Crippen molar-refractivity contribution >= 4 is 27.4 Å². The number of amides is 1. The van der Waals surface area contributed by atoms with E-state index in [0.29, 0.717) is 68.8 Å². The van der Waals surface area contributed by atoms with Gasteiger partial charge < -0.3 is 35.3 Å². The molecule has 1 saturated heterocycles. The van der Waals surface area contributed by atoms with Gasteiger partial charge >= 0.3 is 0 Å². The van der Waals surface area contributed by atoms with Gasteiger partial charge in [0.25, 0.3) is 5.91 Å². The van der Waals surface area contributed by atoms with Crippen LogP contribution >= 0.6 is 0 Å². The third-order valence-corrected chi connectivity index (χ3v) is 9.53. The zero-order valence-electron chi connectivity index (χ0n) is 25.9. The summed E-state index contributed by atoms with van der Waals surface area (Å²) in [5.74, 6) is -0.108. The quantitative estimate of drug-likeness (QED) is 0.338. The van der Waals surface area contributed by atoms with Crippen LogP contribution in [-0.4, -0.2) is 120 Å². The van der Waals surface area contributed by atoms with Crippen LogP contribution in [0.5, 0.6) is 5.75 Å². The summed E-state index contributed by atoms with van der Waals surface area (Å²) in [6.07, 6.45) is 1.45. The number of hydrogen-bond acceptors (Lipinski definition) is 12. The Balaban J connectivity index is 0.00000500. The molecule has 0 saturated carbocycles. The number of nitrogens with one attached hydrogen (secondary N) is 2. The van der Waals surface area contributed by atoms with Crippen LogP contribution in [0.4, 0.5) is 11.5 Å². The number of nitrogens with two attached hydrogens (primary N) is 1. The number of carbonyl (C=O) groups excluding carboxylic acids is 1. The van der Waals surface area contributed by atoms with Crippen LogP contribution in [0.2, 0.25) is 0 Å². The van der Waals surface area contributed by atoms with Crippen molar-refractivity contribution in [2.45, 2.75) is 18.9 Å². The van der Waals surface area contributed by atoms with E-state index in [1.54, 1.807) is 18.2 Å². The first-order valence-corrected chi connectivity index (χ1v) is 16.7. The highest BCUT2D eigenvalue weighted by Gasteiger charge is 2.26. The standard InChI is InChI=1S/C31H41N7O7S.CH4/c1-33-21-24-3-2-4-26-29(24)45-20-19-44-18-17-43-16-13-38(10-9-37-11-14-42-15-12-37)46(40,41)25-7-5-23(6-8-25)27-22-34-30(32)28(35-27)31(39)36-26;/h2-8,22,33H,9-21H2,1H3,(H2,32,34)(H,36,39);1H4. The lowest BCUT2D eigenvalue weighted by Crippen LogP contribution is -2.44. The van der Waals surface area contributed by atoms with Gasteiger partial charge in [-0.15, -0.1) is 0 Å². The number of nitrogens with zero attached hydrogens (tertiary/aromatic N) is 4. The molecule has 3 aromatic rings. The third kappa shape index (κ3) is 9.44. The van der Waals surface area contributed by atoms with Gasteiger partial charge in [0.1, 0.15) is 12.4 Å². The molecule has 1 amide bonds. The maximum atomic E-state index is 13.8. The van der Waals surface area contributed by atoms with Crippen molar-refractivity contribution in [3.05, 3.63) is 59.9 Å². The Morgan fingerprint density at radius 1 is 0.915 bits per heavy atom. The molecule has 4 N–H and O–H groups in total. The first-order valence-electron chi connectivity index (χ1n) is 15.3. The normalized spacial score (nSPS) is 18.4. The number of hydrogen-bond donors (Lipinski definition) is 3. The molecular formula is C32H45N7O7S. The number of anilines is 2. The molecule has 1 fully saturated rings. The Morgan fingerprint density at radius 3 is 2.34 bits per heavy atom. The predicted molar refractivity (Wildman–Crippen MR) is 179 cm³/mol. The van der Waals surface area contributed by atoms with Crippen molar-refractivity contribution in [2.75, 3.05) is 97.1 Å². The van der Waals surface area contributed by atoms with E-state index < -0.39 is 15.9 Å². The molecule has 0 aliphatic carbocycles. The van der Waals surface area contributed by atoms with Crippen molar-refractivity contribution in [2.24, 2.45) is 0 Å². The lowest BCUT2D eigenvalue weighted by molar-refractivity contribution is 0.0285. The number of sulfonamides is 1. The summed E-state index contributed by atoms with van der Waals surface area (Å²) in [4.78, 5) is 24.5. The molecule has 14 nitrogen and oxygen atoms in total. The number of rotatable bonds is 5. The SMILES string of the molecule is C.CNCc1cccc2c1OCCOCCOCCN(CCN1CCOCC1)S(=O)(=O)c1ccc(cc1)-c1cnc(N)c(n1)C(=O)N2. The van der Waals surface area contributed by atoms with Gasteiger partial charge in [-0.25, -0.2) is 18.4 Å². The van der Waals surface area contributed by atoms with Gasteiger partial charge in [0, 0.05) is 50.4 Å². The predicted octanol–water partition coefficient (Wildman–Crippen LogP) is 2.08. The molecule has 1 aromatic heterocycles. The fourth-order valence-corrected chi connectivity index (χ4v) is 6.55. The molecule has 3 aliphatic heterocycles. The molecule has 15 heteroatoms. The van der Waals surface area contributed by atoms with Crippen LogP contribution in [0.15, 0.2) is 53.6 Å². The van der Waals surface area contributed by atoms with E-state index in [1.807, 2.05) is 19.2 Å². The number of fused-ring (bicyclic) bond motifs is 13. The van der Waals surface area contributed by atoms with E-state index in [0.717, 1.165) is 18.7 Å². The maximum absolute atomic E-state index is 13.8. The minimum absolute atomic E-state index is 0. The number of carbonyl (C=O) groups is 1. The van der Waals surface area contributed by atoms with Crippen LogP contribution in [0.1, 0.15) is 23.5 Å². The highest BCUT2D eigenvalue weighted by Crippen LogP contribution is 2.30. The monoisotopic (exact) mass is 671 g/mol. The topological polar surface area (TPSA) is 170 Å². The first kappa shape index (κ1) is 36.1. The summed E-state index contributed by atoms with van der Waals surface area (Å²) >= 11 is 0. The second-order valence-corrected chi connectivity index (χ2v) is 12.7. The van der Waals surface area contributed by atoms with E-state index in [-0.39, 0.29) is 50.2 Å². The van der Waals surface area contributed by atoms with E-state index in [2.05, 4.69) is 25.5 Å². The van der Waals surface area contributed by atoms with Gasteiger partial charge in [-0.1, -0.05) is 31.7 Å². The van der Waals surface area contributed by atoms with E-state index >= 15 is 0 Å². The Morgan fingerprint density at radius 2 is 1.60 bits per heavy atom. The zero-order valence-corrected chi connectivity index (χ0v) is 26.8. The molecular weight excluding hydrogens is 626 g/mol. The molecule has 47 heavy (non-hydrogen) atoms. The van der Waals surface area contributed by atoms with Crippen LogP contribution in [-0.2, 0) is 30.8 Å². The fraction of sp³-hybridized carbons (Fsp3) is 0.469. The Kier molecular flexibility index (Phi) is 13.4. The minimum atomic E-state index is -3.84. The minimum Gasteiger partial charge on any atom is -0.489 e. The van der Waals surface area contributed by atoms with Crippen LogP contribution < -0.4 is 21.1 Å². The van der Waals surface area contributed by atoms with Crippen molar-refractivity contribution < 1.29 is 32.2 Å². The summed E-state index contributed by atoms with van der Waals surface area (Å²) in [6, 6.07) is 11.8.